The topological polar surface area (TPSA) is 69.4 Å². The first-order valence-electron chi connectivity index (χ1n) is 6.30. The Bertz CT molecular complexity index is 740. The number of ether oxygens (including phenoxy) is 1. The molecule has 21 heavy (non-hydrogen) atoms. The molecule has 0 heterocycles. The Hall–Kier alpha value is -1.56. The normalized spacial score (nSPS) is 13.0. The molecular formula is C15H16ClNO3S. The zero-order valence-corrected chi connectivity index (χ0v) is 13.3. The highest BCUT2D eigenvalue weighted by atomic mass is 35.5. The van der Waals surface area contributed by atoms with Gasteiger partial charge in [0.15, 0.2) is 9.84 Å². The molecule has 1 unspecified atom stereocenters. The molecule has 0 aliphatic rings. The smallest absolute Gasteiger partial charge is 0.175 e. The molecule has 0 aromatic heterocycles. The summed E-state index contributed by atoms with van der Waals surface area (Å²) in [6.07, 6.45) is 1.16. The number of halogens is 1. The van der Waals surface area contributed by atoms with Gasteiger partial charge in [0.2, 0.25) is 0 Å². The summed E-state index contributed by atoms with van der Waals surface area (Å²) in [4.78, 5) is 0.244. The minimum atomic E-state index is -3.21. The maximum Gasteiger partial charge on any atom is 0.175 e. The number of rotatable bonds is 4. The van der Waals surface area contributed by atoms with Gasteiger partial charge in [0.25, 0.3) is 0 Å². The number of benzene rings is 2. The van der Waals surface area contributed by atoms with Gasteiger partial charge in [-0.1, -0.05) is 17.7 Å². The predicted octanol–water partition coefficient (Wildman–Crippen LogP) is 3.56. The van der Waals surface area contributed by atoms with Crippen molar-refractivity contribution in [2.24, 2.45) is 5.73 Å². The second-order valence-corrected chi connectivity index (χ2v) is 7.25. The zero-order valence-electron chi connectivity index (χ0n) is 11.7. The summed E-state index contributed by atoms with van der Waals surface area (Å²) in [5, 5.41) is 0.456. The highest BCUT2D eigenvalue weighted by Crippen LogP contribution is 2.31. The van der Waals surface area contributed by atoms with E-state index in [1.165, 1.54) is 12.1 Å². The van der Waals surface area contributed by atoms with Crippen LogP contribution in [-0.4, -0.2) is 14.7 Å². The molecule has 0 saturated carbocycles. The first-order chi connectivity index (χ1) is 9.77. The van der Waals surface area contributed by atoms with Gasteiger partial charge >= 0.3 is 0 Å². The van der Waals surface area contributed by atoms with Crippen molar-refractivity contribution in [1.82, 2.24) is 0 Å². The molecular weight excluding hydrogens is 310 g/mol. The van der Waals surface area contributed by atoms with Crippen molar-refractivity contribution in [2.75, 3.05) is 6.26 Å². The quantitative estimate of drug-likeness (QED) is 0.933. The summed E-state index contributed by atoms with van der Waals surface area (Å²) >= 11 is 6.15. The number of hydrogen-bond donors (Lipinski definition) is 1. The molecule has 0 fully saturated rings. The molecule has 4 nitrogen and oxygen atoms in total. The van der Waals surface area contributed by atoms with Crippen LogP contribution < -0.4 is 10.5 Å². The van der Waals surface area contributed by atoms with Gasteiger partial charge in [0, 0.05) is 12.3 Å². The second-order valence-electron chi connectivity index (χ2n) is 4.82. The molecule has 0 amide bonds. The van der Waals surface area contributed by atoms with Crippen molar-refractivity contribution in [3.05, 3.63) is 53.1 Å². The Morgan fingerprint density at radius 2 is 1.76 bits per heavy atom. The van der Waals surface area contributed by atoms with Crippen LogP contribution in [0.5, 0.6) is 11.5 Å². The lowest BCUT2D eigenvalue weighted by atomic mass is 10.1. The van der Waals surface area contributed by atoms with E-state index in [1.807, 2.05) is 13.0 Å². The largest absolute Gasteiger partial charge is 0.456 e. The predicted molar refractivity (Wildman–Crippen MR) is 83.7 cm³/mol. The third kappa shape index (κ3) is 3.97. The molecule has 0 saturated heterocycles. The number of hydrogen-bond acceptors (Lipinski definition) is 4. The Kier molecular flexibility index (Phi) is 4.56. The maximum absolute atomic E-state index is 11.4. The molecule has 0 radical (unpaired) electrons. The number of sulfone groups is 1. The Balaban J connectivity index is 2.22. The second kappa shape index (κ2) is 6.05. The van der Waals surface area contributed by atoms with E-state index in [0.29, 0.717) is 16.5 Å². The highest BCUT2D eigenvalue weighted by molar-refractivity contribution is 7.90. The van der Waals surface area contributed by atoms with Gasteiger partial charge < -0.3 is 10.5 Å². The summed E-state index contributed by atoms with van der Waals surface area (Å²) in [7, 11) is -3.21. The van der Waals surface area contributed by atoms with Crippen molar-refractivity contribution in [3.63, 3.8) is 0 Å². The third-order valence-electron chi connectivity index (χ3n) is 2.96. The fourth-order valence-corrected chi connectivity index (χ4v) is 2.62. The average molecular weight is 326 g/mol. The molecule has 0 aliphatic heterocycles. The first kappa shape index (κ1) is 15.8. The minimum Gasteiger partial charge on any atom is -0.456 e. The van der Waals surface area contributed by atoms with Gasteiger partial charge in [0.1, 0.15) is 11.5 Å². The summed E-state index contributed by atoms with van der Waals surface area (Å²) in [5.74, 6) is 1.01. The molecule has 2 rings (SSSR count). The fraction of sp³-hybridized carbons (Fsp3) is 0.200. The van der Waals surface area contributed by atoms with Crippen molar-refractivity contribution in [2.45, 2.75) is 17.9 Å². The van der Waals surface area contributed by atoms with Gasteiger partial charge in [0.05, 0.1) is 9.92 Å². The van der Waals surface area contributed by atoms with Crippen LogP contribution >= 0.6 is 11.6 Å². The summed E-state index contributed by atoms with van der Waals surface area (Å²) in [5.41, 5.74) is 6.70. The highest BCUT2D eigenvalue weighted by Gasteiger charge is 2.09. The minimum absolute atomic E-state index is 0.106. The molecule has 2 aromatic rings. The monoisotopic (exact) mass is 325 g/mol. The van der Waals surface area contributed by atoms with Gasteiger partial charge in [-0.05, 0) is 48.9 Å². The van der Waals surface area contributed by atoms with Gasteiger partial charge in [-0.3, -0.25) is 0 Å². The van der Waals surface area contributed by atoms with Crippen LogP contribution in [0.2, 0.25) is 5.02 Å². The molecule has 1 atom stereocenters. The first-order valence-corrected chi connectivity index (χ1v) is 8.57. The molecule has 0 aliphatic carbocycles. The molecule has 2 N–H and O–H groups in total. The standard InChI is InChI=1S/C15H16ClNO3S/c1-10(17)11-3-8-15(14(16)9-11)20-12-4-6-13(7-5-12)21(2,18)19/h3-10H,17H2,1-2H3. The van der Waals surface area contributed by atoms with Gasteiger partial charge in [-0.2, -0.15) is 0 Å². The molecule has 0 bridgehead atoms. The van der Waals surface area contributed by atoms with E-state index in [0.717, 1.165) is 11.8 Å². The molecule has 6 heteroatoms. The van der Waals surface area contributed by atoms with Crippen molar-refractivity contribution >= 4 is 21.4 Å². The zero-order chi connectivity index (χ0) is 15.6. The van der Waals surface area contributed by atoms with Crippen LogP contribution in [0.4, 0.5) is 0 Å². The van der Waals surface area contributed by atoms with E-state index in [-0.39, 0.29) is 10.9 Å². The van der Waals surface area contributed by atoms with Crippen LogP contribution in [-0.2, 0) is 9.84 Å². The average Bonchev–Trinajstić information content (AvgIpc) is 2.40. The van der Waals surface area contributed by atoms with Crippen LogP contribution in [0.3, 0.4) is 0 Å². The molecule has 2 aromatic carbocycles. The van der Waals surface area contributed by atoms with Gasteiger partial charge in [-0.25, -0.2) is 8.42 Å². The van der Waals surface area contributed by atoms with E-state index in [9.17, 15) is 8.42 Å². The van der Waals surface area contributed by atoms with E-state index in [2.05, 4.69) is 0 Å². The lowest BCUT2D eigenvalue weighted by molar-refractivity contribution is 0.482. The van der Waals surface area contributed by atoms with Crippen LogP contribution in [0.25, 0.3) is 0 Å². The maximum atomic E-state index is 11.4. The Labute approximate surface area is 129 Å². The van der Waals surface area contributed by atoms with Gasteiger partial charge in [-0.15, -0.1) is 0 Å². The van der Waals surface area contributed by atoms with Crippen LogP contribution in [0.1, 0.15) is 18.5 Å². The lowest BCUT2D eigenvalue weighted by Crippen LogP contribution is -2.04. The number of nitrogens with two attached hydrogens (primary N) is 1. The van der Waals surface area contributed by atoms with E-state index in [4.69, 9.17) is 22.1 Å². The van der Waals surface area contributed by atoms with Crippen LogP contribution in [0, 0.1) is 0 Å². The molecule has 112 valence electrons. The SMILES string of the molecule is CC(N)c1ccc(Oc2ccc(S(C)(=O)=O)cc2)c(Cl)c1. The van der Waals surface area contributed by atoms with Crippen molar-refractivity contribution in [1.29, 1.82) is 0 Å². The van der Waals surface area contributed by atoms with E-state index < -0.39 is 9.84 Å². The lowest BCUT2D eigenvalue weighted by Gasteiger charge is -2.11. The van der Waals surface area contributed by atoms with Crippen molar-refractivity contribution < 1.29 is 13.2 Å². The Morgan fingerprint density at radius 1 is 1.14 bits per heavy atom. The summed E-state index contributed by atoms with van der Waals surface area (Å²) < 4.78 is 28.4. The Morgan fingerprint density at radius 3 is 2.24 bits per heavy atom. The van der Waals surface area contributed by atoms with Crippen LogP contribution in [0.15, 0.2) is 47.4 Å². The van der Waals surface area contributed by atoms with E-state index in [1.54, 1.807) is 24.3 Å². The van der Waals surface area contributed by atoms with E-state index >= 15 is 0 Å². The summed E-state index contributed by atoms with van der Waals surface area (Å²) in [6, 6.07) is 11.4. The third-order valence-corrected chi connectivity index (χ3v) is 4.39. The summed E-state index contributed by atoms with van der Waals surface area (Å²) in [6.45, 7) is 1.87. The fourth-order valence-electron chi connectivity index (χ4n) is 1.76. The molecule has 0 spiro atoms. The van der Waals surface area contributed by atoms with Crippen molar-refractivity contribution in [3.8, 4) is 11.5 Å².